The molecule has 29 heavy (non-hydrogen) atoms. The van der Waals surface area contributed by atoms with Crippen LogP contribution in [-0.2, 0) is 19.6 Å². The molecule has 0 spiro atoms. The highest BCUT2D eigenvalue weighted by Gasteiger charge is 2.27. The number of morpholine rings is 1. The van der Waals surface area contributed by atoms with Gasteiger partial charge in [-0.15, -0.1) is 0 Å². The lowest BCUT2D eigenvalue weighted by Gasteiger charge is -2.26. The van der Waals surface area contributed by atoms with Gasteiger partial charge in [0.15, 0.2) is 6.04 Å². The van der Waals surface area contributed by atoms with E-state index in [0.717, 1.165) is 5.56 Å². The Balaban J connectivity index is 1.65. The van der Waals surface area contributed by atoms with Crippen LogP contribution < -0.4 is 10.6 Å². The lowest BCUT2D eigenvalue weighted by atomic mass is 10.1. The summed E-state index contributed by atoms with van der Waals surface area (Å²) in [5, 5.41) is 4.82. The quantitative estimate of drug-likeness (QED) is 0.710. The van der Waals surface area contributed by atoms with E-state index in [1.165, 1.54) is 10.4 Å². The molecule has 1 amide bonds. The SMILES string of the molecule is C[C@@H]([NH2+][C@H](C)c1ccccc1)C(=O)Nc1cccc(S(=O)(=O)N2CCOCC2)c1. The molecular formula is C21H28N3O4S+. The van der Waals surface area contributed by atoms with E-state index in [1.807, 2.05) is 42.6 Å². The first-order chi connectivity index (χ1) is 13.9. The zero-order chi connectivity index (χ0) is 20.9. The predicted molar refractivity (Wildman–Crippen MR) is 111 cm³/mol. The van der Waals surface area contributed by atoms with Crippen LogP contribution in [0.4, 0.5) is 5.69 Å². The van der Waals surface area contributed by atoms with Crippen LogP contribution in [0.2, 0.25) is 0 Å². The van der Waals surface area contributed by atoms with Crippen molar-refractivity contribution in [3.8, 4) is 0 Å². The van der Waals surface area contributed by atoms with Crippen LogP contribution >= 0.6 is 0 Å². The highest BCUT2D eigenvalue weighted by atomic mass is 32.2. The molecule has 156 valence electrons. The van der Waals surface area contributed by atoms with Gasteiger partial charge in [-0.2, -0.15) is 4.31 Å². The van der Waals surface area contributed by atoms with E-state index in [2.05, 4.69) is 12.2 Å². The van der Waals surface area contributed by atoms with Crippen LogP contribution in [0, 0.1) is 0 Å². The number of nitrogens with two attached hydrogens (primary N) is 1. The average Bonchev–Trinajstić information content (AvgIpc) is 2.75. The Morgan fingerprint density at radius 3 is 2.45 bits per heavy atom. The van der Waals surface area contributed by atoms with Gasteiger partial charge >= 0.3 is 0 Å². The Morgan fingerprint density at radius 1 is 1.07 bits per heavy atom. The molecule has 8 heteroatoms. The maximum absolute atomic E-state index is 12.8. The van der Waals surface area contributed by atoms with Crippen LogP contribution in [-0.4, -0.2) is 51.0 Å². The van der Waals surface area contributed by atoms with Crippen molar-refractivity contribution in [2.24, 2.45) is 0 Å². The average molecular weight is 419 g/mol. The Kier molecular flexibility index (Phi) is 7.02. The van der Waals surface area contributed by atoms with Gasteiger partial charge in [0, 0.05) is 24.3 Å². The second-order valence-electron chi connectivity index (χ2n) is 7.21. The van der Waals surface area contributed by atoms with E-state index >= 15 is 0 Å². The fourth-order valence-electron chi connectivity index (χ4n) is 3.31. The zero-order valence-electron chi connectivity index (χ0n) is 16.7. The number of nitrogens with zero attached hydrogens (tertiary/aromatic N) is 1. The lowest BCUT2D eigenvalue weighted by molar-refractivity contribution is -0.709. The monoisotopic (exact) mass is 418 g/mol. The van der Waals surface area contributed by atoms with Crippen LogP contribution in [0.15, 0.2) is 59.5 Å². The number of ether oxygens (including phenoxy) is 1. The standard InChI is InChI=1S/C21H27N3O4S/c1-16(18-7-4-3-5-8-18)22-17(2)21(25)23-19-9-6-10-20(15-19)29(26,27)24-11-13-28-14-12-24/h3-10,15-17,22H,11-14H2,1-2H3,(H,23,25)/p+1/t16-,17-/m1/s1. The lowest BCUT2D eigenvalue weighted by Crippen LogP contribution is -2.91. The fourth-order valence-corrected chi connectivity index (χ4v) is 4.77. The summed E-state index contributed by atoms with van der Waals surface area (Å²) in [6.45, 7) is 5.34. The number of sulfonamides is 1. The van der Waals surface area contributed by atoms with Gasteiger partial charge < -0.3 is 15.4 Å². The number of rotatable bonds is 7. The first-order valence-electron chi connectivity index (χ1n) is 9.76. The van der Waals surface area contributed by atoms with Crippen molar-refractivity contribution in [1.29, 1.82) is 0 Å². The Hall–Kier alpha value is -2.26. The molecule has 0 unspecified atom stereocenters. The molecule has 7 nitrogen and oxygen atoms in total. The number of hydrogen-bond donors (Lipinski definition) is 2. The maximum atomic E-state index is 12.8. The molecule has 1 aliphatic heterocycles. The normalized spacial score (nSPS) is 17.4. The Bertz CT molecular complexity index is 928. The van der Waals surface area contributed by atoms with Gasteiger partial charge in [-0.25, -0.2) is 8.42 Å². The molecule has 0 bridgehead atoms. The zero-order valence-corrected chi connectivity index (χ0v) is 17.6. The van der Waals surface area contributed by atoms with Gasteiger partial charge in [-0.1, -0.05) is 36.4 Å². The third kappa shape index (κ3) is 5.42. The largest absolute Gasteiger partial charge is 0.379 e. The minimum absolute atomic E-state index is 0.130. The smallest absolute Gasteiger partial charge is 0.282 e. The van der Waals surface area contributed by atoms with E-state index < -0.39 is 10.0 Å². The molecule has 0 radical (unpaired) electrons. The minimum atomic E-state index is -3.60. The molecule has 2 aromatic carbocycles. The molecule has 0 aliphatic carbocycles. The van der Waals surface area contributed by atoms with Crippen molar-refractivity contribution in [2.45, 2.75) is 30.8 Å². The molecule has 2 atom stereocenters. The van der Waals surface area contributed by atoms with E-state index in [4.69, 9.17) is 4.74 Å². The van der Waals surface area contributed by atoms with Gasteiger partial charge in [0.2, 0.25) is 10.0 Å². The second-order valence-corrected chi connectivity index (χ2v) is 9.15. The number of amides is 1. The molecule has 3 rings (SSSR count). The summed E-state index contributed by atoms with van der Waals surface area (Å²) < 4.78 is 32.3. The first kappa shape index (κ1) is 21.4. The van der Waals surface area contributed by atoms with Crippen LogP contribution in [0.25, 0.3) is 0 Å². The van der Waals surface area contributed by atoms with Crippen LogP contribution in [0.5, 0.6) is 0 Å². The summed E-state index contributed by atoms with van der Waals surface area (Å²) in [5.74, 6) is -0.172. The summed E-state index contributed by atoms with van der Waals surface area (Å²) in [6.07, 6.45) is 0. The highest BCUT2D eigenvalue weighted by Crippen LogP contribution is 2.20. The summed E-state index contributed by atoms with van der Waals surface area (Å²) in [5.41, 5.74) is 1.61. The molecule has 3 N–H and O–H groups in total. The van der Waals surface area contributed by atoms with Gasteiger partial charge in [0.25, 0.3) is 5.91 Å². The number of nitrogens with one attached hydrogen (secondary N) is 1. The number of quaternary nitrogens is 1. The van der Waals surface area contributed by atoms with E-state index in [-0.39, 0.29) is 22.9 Å². The van der Waals surface area contributed by atoms with E-state index in [0.29, 0.717) is 32.0 Å². The van der Waals surface area contributed by atoms with Gasteiger partial charge in [-0.3, -0.25) is 4.79 Å². The summed E-state index contributed by atoms with van der Waals surface area (Å²) in [6, 6.07) is 16.2. The molecule has 0 aromatic heterocycles. The molecule has 1 aliphatic rings. The summed E-state index contributed by atoms with van der Waals surface area (Å²) in [4.78, 5) is 12.8. The van der Waals surface area contributed by atoms with Gasteiger partial charge in [-0.05, 0) is 32.0 Å². The summed E-state index contributed by atoms with van der Waals surface area (Å²) >= 11 is 0. The topological polar surface area (TPSA) is 92.3 Å². The van der Waals surface area contributed by atoms with Crippen LogP contribution in [0.1, 0.15) is 25.5 Å². The highest BCUT2D eigenvalue weighted by molar-refractivity contribution is 7.89. The Labute approximate surface area is 172 Å². The van der Waals surface area contributed by atoms with Crippen molar-refractivity contribution < 1.29 is 23.3 Å². The second kappa shape index (κ2) is 9.49. The molecule has 1 heterocycles. The third-order valence-corrected chi connectivity index (χ3v) is 6.92. The van der Waals surface area contributed by atoms with E-state index in [9.17, 15) is 13.2 Å². The van der Waals surface area contributed by atoms with Crippen molar-refractivity contribution >= 4 is 21.6 Å². The predicted octanol–water partition coefficient (Wildman–Crippen LogP) is 1.36. The number of carbonyl (C=O) groups excluding carboxylic acids is 1. The number of hydrogen-bond acceptors (Lipinski definition) is 4. The van der Waals surface area contributed by atoms with Gasteiger partial charge in [0.1, 0.15) is 6.04 Å². The molecular weight excluding hydrogens is 390 g/mol. The number of anilines is 1. The molecule has 2 aromatic rings. The molecule has 1 saturated heterocycles. The first-order valence-corrected chi connectivity index (χ1v) is 11.2. The van der Waals surface area contributed by atoms with Crippen molar-refractivity contribution in [2.75, 3.05) is 31.6 Å². The van der Waals surface area contributed by atoms with Gasteiger partial charge in [0.05, 0.1) is 18.1 Å². The third-order valence-electron chi connectivity index (χ3n) is 5.03. The fraction of sp³-hybridized carbons (Fsp3) is 0.381. The Morgan fingerprint density at radius 2 is 1.76 bits per heavy atom. The van der Waals surface area contributed by atoms with Crippen molar-refractivity contribution in [1.82, 2.24) is 4.31 Å². The van der Waals surface area contributed by atoms with Crippen molar-refractivity contribution in [3.05, 3.63) is 60.2 Å². The molecule has 0 saturated carbocycles. The van der Waals surface area contributed by atoms with Crippen molar-refractivity contribution in [3.63, 3.8) is 0 Å². The molecule has 1 fully saturated rings. The van der Waals surface area contributed by atoms with Crippen LogP contribution in [0.3, 0.4) is 0 Å². The number of carbonyl (C=O) groups is 1. The summed E-state index contributed by atoms with van der Waals surface area (Å²) in [7, 11) is -3.60. The van der Waals surface area contributed by atoms with E-state index in [1.54, 1.807) is 18.2 Å². The minimum Gasteiger partial charge on any atom is -0.379 e. The number of benzene rings is 2. The maximum Gasteiger partial charge on any atom is 0.282 e.